The van der Waals surface area contributed by atoms with Gasteiger partial charge in [0.15, 0.2) is 0 Å². The molecule has 0 aliphatic carbocycles. The molecule has 1 aromatic rings. The number of anilines is 1. The Balaban J connectivity index is 2.42. The first kappa shape index (κ1) is 14.0. The van der Waals surface area contributed by atoms with Crippen LogP contribution in [-0.4, -0.2) is 19.3 Å². The summed E-state index contributed by atoms with van der Waals surface area (Å²) in [4.78, 5) is 0. The zero-order valence-electron chi connectivity index (χ0n) is 11.5. The van der Waals surface area contributed by atoms with Crippen LogP contribution in [0.2, 0.25) is 0 Å². The molecule has 0 fully saturated rings. The van der Waals surface area contributed by atoms with Gasteiger partial charge in [0, 0.05) is 24.9 Å². The molecule has 0 saturated carbocycles. The van der Waals surface area contributed by atoms with E-state index in [1.54, 1.807) is 0 Å². The molecule has 0 heterocycles. The van der Waals surface area contributed by atoms with Crippen LogP contribution in [0.15, 0.2) is 18.2 Å². The first-order valence-electron chi connectivity index (χ1n) is 6.55. The minimum atomic E-state index is 0.496. The van der Waals surface area contributed by atoms with Gasteiger partial charge in [-0.3, -0.25) is 0 Å². The van der Waals surface area contributed by atoms with Crippen LogP contribution in [0.3, 0.4) is 0 Å². The minimum absolute atomic E-state index is 0.496. The average Bonchev–Trinajstić information content (AvgIpc) is 2.30. The van der Waals surface area contributed by atoms with Gasteiger partial charge in [-0.15, -0.1) is 0 Å². The number of nitrogens with one attached hydrogen (secondary N) is 1. The maximum atomic E-state index is 5.35. The normalized spacial score (nSPS) is 12.5. The van der Waals surface area contributed by atoms with Gasteiger partial charge in [0.1, 0.15) is 0 Å². The Morgan fingerprint density at radius 1 is 1.24 bits per heavy atom. The van der Waals surface area contributed by atoms with E-state index in [1.165, 1.54) is 16.8 Å². The number of aryl methyl sites for hydroxylation is 2. The number of benzene rings is 1. The fourth-order valence-electron chi connectivity index (χ4n) is 2.00. The highest BCUT2D eigenvalue weighted by Crippen LogP contribution is 2.21. The quantitative estimate of drug-likeness (QED) is 0.723. The van der Waals surface area contributed by atoms with Crippen LogP contribution in [0.25, 0.3) is 0 Å². The summed E-state index contributed by atoms with van der Waals surface area (Å²) in [5.41, 5.74) is 3.93. The molecule has 17 heavy (non-hydrogen) atoms. The SMILES string of the molecule is CCOCCCC(C)Nc1c(C)cccc1C. The summed E-state index contributed by atoms with van der Waals surface area (Å²) in [6.45, 7) is 10.3. The summed E-state index contributed by atoms with van der Waals surface area (Å²) in [6.07, 6.45) is 2.26. The van der Waals surface area contributed by atoms with Crippen molar-refractivity contribution >= 4 is 5.69 Å². The van der Waals surface area contributed by atoms with Crippen molar-refractivity contribution in [2.24, 2.45) is 0 Å². The first-order valence-corrected chi connectivity index (χ1v) is 6.55. The average molecular weight is 235 g/mol. The Labute approximate surface area is 105 Å². The van der Waals surface area contributed by atoms with E-state index in [1.807, 2.05) is 6.92 Å². The summed E-state index contributed by atoms with van der Waals surface area (Å²) in [7, 11) is 0. The van der Waals surface area contributed by atoms with E-state index in [0.29, 0.717) is 6.04 Å². The third-order valence-corrected chi connectivity index (χ3v) is 3.00. The molecule has 0 aromatic heterocycles. The van der Waals surface area contributed by atoms with Crippen LogP contribution < -0.4 is 5.32 Å². The highest BCUT2D eigenvalue weighted by Gasteiger charge is 2.06. The lowest BCUT2D eigenvalue weighted by atomic mass is 10.1. The minimum Gasteiger partial charge on any atom is -0.382 e. The lowest BCUT2D eigenvalue weighted by Gasteiger charge is -2.19. The van der Waals surface area contributed by atoms with Gasteiger partial charge in [-0.2, -0.15) is 0 Å². The topological polar surface area (TPSA) is 21.3 Å². The monoisotopic (exact) mass is 235 g/mol. The van der Waals surface area contributed by atoms with Crippen molar-refractivity contribution in [2.45, 2.75) is 46.6 Å². The maximum Gasteiger partial charge on any atom is 0.0466 e. The van der Waals surface area contributed by atoms with Gasteiger partial charge in [-0.25, -0.2) is 0 Å². The van der Waals surface area contributed by atoms with Crippen molar-refractivity contribution in [3.8, 4) is 0 Å². The molecular formula is C15H25NO. The summed E-state index contributed by atoms with van der Waals surface area (Å²) in [6, 6.07) is 6.91. The van der Waals surface area contributed by atoms with Crippen LogP contribution in [0.1, 0.15) is 37.8 Å². The van der Waals surface area contributed by atoms with E-state index in [4.69, 9.17) is 4.74 Å². The lowest BCUT2D eigenvalue weighted by Crippen LogP contribution is -2.17. The van der Waals surface area contributed by atoms with Gasteiger partial charge in [0.2, 0.25) is 0 Å². The third-order valence-electron chi connectivity index (χ3n) is 3.00. The van der Waals surface area contributed by atoms with E-state index in [0.717, 1.165) is 26.1 Å². The lowest BCUT2D eigenvalue weighted by molar-refractivity contribution is 0.142. The molecule has 0 saturated heterocycles. The van der Waals surface area contributed by atoms with E-state index in [2.05, 4.69) is 44.3 Å². The first-order chi connectivity index (χ1) is 8.15. The molecule has 0 aliphatic rings. The number of ether oxygens (including phenoxy) is 1. The summed E-state index contributed by atoms with van der Waals surface area (Å²) >= 11 is 0. The van der Waals surface area contributed by atoms with Crippen molar-refractivity contribution in [2.75, 3.05) is 18.5 Å². The smallest absolute Gasteiger partial charge is 0.0466 e. The summed E-state index contributed by atoms with van der Waals surface area (Å²) in [5.74, 6) is 0. The molecule has 0 amide bonds. The second-order valence-corrected chi connectivity index (χ2v) is 4.65. The Morgan fingerprint density at radius 3 is 2.47 bits per heavy atom. The van der Waals surface area contributed by atoms with Gasteiger partial charge in [-0.05, 0) is 51.7 Å². The van der Waals surface area contributed by atoms with Crippen molar-refractivity contribution in [3.63, 3.8) is 0 Å². The largest absolute Gasteiger partial charge is 0.382 e. The zero-order valence-corrected chi connectivity index (χ0v) is 11.5. The Morgan fingerprint density at radius 2 is 1.88 bits per heavy atom. The van der Waals surface area contributed by atoms with Crippen LogP contribution in [0.5, 0.6) is 0 Å². The molecule has 2 nitrogen and oxygen atoms in total. The van der Waals surface area contributed by atoms with Gasteiger partial charge in [-0.1, -0.05) is 18.2 Å². The third kappa shape index (κ3) is 4.78. The molecule has 1 aromatic carbocycles. The molecule has 0 spiro atoms. The Kier molecular flexibility index (Phi) is 6.06. The number of hydrogen-bond donors (Lipinski definition) is 1. The molecule has 2 heteroatoms. The van der Waals surface area contributed by atoms with E-state index in [-0.39, 0.29) is 0 Å². The molecule has 0 radical (unpaired) electrons. The molecule has 0 aliphatic heterocycles. The molecule has 0 bridgehead atoms. The van der Waals surface area contributed by atoms with E-state index in [9.17, 15) is 0 Å². The van der Waals surface area contributed by atoms with E-state index >= 15 is 0 Å². The molecule has 1 N–H and O–H groups in total. The van der Waals surface area contributed by atoms with Crippen molar-refractivity contribution < 1.29 is 4.74 Å². The highest BCUT2D eigenvalue weighted by molar-refractivity contribution is 5.57. The standard InChI is InChI=1S/C15H25NO/c1-5-17-11-7-10-14(4)16-15-12(2)8-6-9-13(15)3/h6,8-9,14,16H,5,7,10-11H2,1-4H3. The number of rotatable bonds is 7. The second-order valence-electron chi connectivity index (χ2n) is 4.65. The summed E-state index contributed by atoms with van der Waals surface area (Å²) < 4.78 is 5.35. The molecule has 1 atom stereocenters. The fourth-order valence-corrected chi connectivity index (χ4v) is 2.00. The molecule has 1 rings (SSSR count). The van der Waals surface area contributed by atoms with Gasteiger partial charge in [0.25, 0.3) is 0 Å². The van der Waals surface area contributed by atoms with Crippen LogP contribution in [0.4, 0.5) is 5.69 Å². The van der Waals surface area contributed by atoms with Crippen molar-refractivity contribution in [1.29, 1.82) is 0 Å². The predicted molar refractivity (Wildman–Crippen MR) is 74.7 cm³/mol. The van der Waals surface area contributed by atoms with Crippen molar-refractivity contribution in [1.82, 2.24) is 0 Å². The highest BCUT2D eigenvalue weighted by atomic mass is 16.5. The number of hydrogen-bond acceptors (Lipinski definition) is 2. The van der Waals surface area contributed by atoms with Crippen LogP contribution >= 0.6 is 0 Å². The summed E-state index contributed by atoms with van der Waals surface area (Å²) in [5, 5.41) is 3.60. The second kappa shape index (κ2) is 7.33. The molecule has 1 unspecified atom stereocenters. The predicted octanol–water partition coefficient (Wildman–Crippen LogP) is 3.92. The van der Waals surface area contributed by atoms with Crippen LogP contribution in [-0.2, 0) is 4.74 Å². The van der Waals surface area contributed by atoms with Gasteiger partial charge < -0.3 is 10.1 Å². The zero-order chi connectivity index (χ0) is 12.7. The van der Waals surface area contributed by atoms with Crippen LogP contribution in [0, 0.1) is 13.8 Å². The molecular weight excluding hydrogens is 210 g/mol. The van der Waals surface area contributed by atoms with Gasteiger partial charge in [0.05, 0.1) is 0 Å². The van der Waals surface area contributed by atoms with E-state index < -0.39 is 0 Å². The molecule has 96 valence electrons. The Bertz CT molecular complexity index is 315. The maximum absolute atomic E-state index is 5.35. The van der Waals surface area contributed by atoms with Gasteiger partial charge >= 0.3 is 0 Å². The Hall–Kier alpha value is -1.02. The number of para-hydroxylation sites is 1. The van der Waals surface area contributed by atoms with Crippen molar-refractivity contribution in [3.05, 3.63) is 29.3 Å². The fraction of sp³-hybridized carbons (Fsp3) is 0.600.